The van der Waals surface area contributed by atoms with Gasteiger partial charge in [-0.05, 0) is 59.4 Å². The van der Waals surface area contributed by atoms with Crippen molar-refractivity contribution < 1.29 is 19.4 Å². The SMILES string of the molecule is Cc1cc(OCCO)cc(C)c1-c1ccc(CC(=O)OCc2ccccc2)cc1. The fourth-order valence-electron chi connectivity index (χ4n) is 3.37. The van der Waals surface area contributed by atoms with Crippen molar-refractivity contribution in [3.63, 3.8) is 0 Å². The minimum absolute atomic E-state index is 0.00487. The first-order valence-electron chi connectivity index (χ1n) is 9.70. The van der Waals surface area contributed by atoms with Crippen LogP contribution in [0.1, 0.15) is 22.3 Å². The first-order chi connectivity index (χ1) is 14.1. The Hall–Kier alpha value is -3.11. The van der Waals surface area contributed by atoms with Crippen molar-refractivity contribution in [2.75, 3.05) is 13.2 Å². The molecular weight excluding hydrogens is 364 g/mol. The largest absolute Gasteiger partial charge is 0.491 e. The third-order valence-electron chi connectivity index (χ3n) is 4.70. The smallest absolute Gasteiger partial charge is 0.310 e. The van der Waals surface area contributed by atoms with E-state index in [1.807, 2.05) is 80.6 Å². The van der Waals surface area contributed by atoms with Gasteiger partial charge in [0.15, 0.2) is 0 Å². The predicted octanol–water partition coefficient (Wildman–Crippen LogP) is 4.63. The molecule has 0 saturated carbocycles. The van der Waals surface area contributed by atoms with Crippen molar-refractivity contribution in [2.24, 2.45) is 0 Å². The van der Waals surface area contributed by atoms with Crippen molar-refractivity contribution in [3.8, 4) is 16.9 Å². The molecule has 0 aliphatic carbocycles. The first-order valence-corrected chi connectivity index (χ1v) is 9.70. The minimum atomic E-state index is -0.237. The van der Waals surface area contributed by atoms with Gasteiger partial charge in [-0.15, -0.1) is 0 Å². The molecule has 0 atom stereocenters. The molecule has 0 aliphatic rings. The van der Waals surface area contributed by atoms with Crippen LogP contribution in [0, 0.1) is 13.8 Å². The van der Waals surface area contributed by atoms with Gasteiger partial charge in [-0.2, -0.15) is 0 Å². The Kier molecular flexibility index (Phi) is 7.04. The fourth-order valence-corrected chi connectivity index (χ4v) is 3.37. The molecular formula is C25H26O4. The summed E-state index contributed by atoms with van der Waals surface area (Å²) in [5.74, 6) is 0.523. The quantitative estimate of drug-likeness (QED) is 0.570. The summed E-state index contributed by atoms with van der Waals surface area (Å²) in [6.07, 6.45) is 0.249. The first kappa shape index (κ1) is 20.6. The number of aliphatic hydroxyl groups excluding tert-OH is 1. The second kappa shape index (κ2) is 9.89. The van der Waals surface area contributed by atoms with Gasteiger partial charge in [-0.25, -0.2) is 0 Å². The molecule has 0 aliphatic heterocycles. The van der Waals surface area contributed by atoms with Gasteiger partial charge in [-0.1, -0.05) is 54.6 Å². The van der Waals surface area contributed by atoms with Crippen LogP contribution >= 0.6 is 0 Å². The molecule has 0 amide bonds. The van der Waals surface area contributed by atoms with E-state index < -0.39 is 0 Å². The summed E-state index contributed by atoms with van der Waals surface area (Å²) in [4.78, 5) is 12.1. The van der Waals surface area contributed by atoms with E-state index in [9.17, 15) is 4.79 Å². The van der Waals surface area contributed by atoms with E-state index in [4.69, 9.17) is 14.6 Å². The zero-order chi connectivity index (χ0) is 20.6. The Labute approximate surface area is 171 Å². The zero-order valence-corrected chi connectivity index (χ0v) is 16.9. The van der Waals surface area contributed by atoms with Crippen LogP contribution in [-0.2, 0) is 22.6 Å². The molecule has 0 bridgehead atoms. The zero-order valence-electron chi connectivity index (χ0n) is 16.9. The number of hydrogen-bond donors (Lipinski definition) is 1. The molecule has 3 aromatic carbocycles. The Morgan fingerprint density at radius 3 is 2.17 bits per heavy atom. The topological polar surface area (TPSA) is 55.8 Å². The van der Waals surface area contributed by atoms with E-state index in [0.717, 1.165) is 39.1 Å². The van der Waals surface area contributed by atoms with Gasteiger partial charge >= 0.3 is 5.97 Å². The lowest BCUT2D eigenvalue weighted by Gasteiger charge is -2.14. The highest BCUT2D eigenvalue weighted by molar-refractivity contribution is 5.75. The Bertz CT molecular complexity index is 923. The van der Waals surface area contributed by atoms with Crippen molar-refractivity contribution in [2.45, 2.75) is 26.9 Å². The highest BCUT2D eigenvalue weighted by atomic mass is 16.5. The molecule has 4 heteroatoms. The second-order valence-corrected chi connectivity index (χ2v) is 7.02. The number of hydrogen-bond acceptors (Lipinski definition) is 4. The molecule has 3 aromatic rings. The number of ether oxygens (including phenoxy) is 2. The van der Waals surface area contributed by atoms with E-state index in [1.54, 1.807) is 0 Å². The highest BCUT2D eigenvalue weighted by Gasteiger charge is 2.10. The molecule has 0 spiro atoms. The standard InChI is InChI=1S/C25H26O4/c1-18-14-23(28-13-12-26)15-19(2)25(18)22-10-8-20(9-11-22)16-24(27)29-17-21-6-4-3-5-7-21/h3-11,14-15,26H,12-13,16-17H2,1-2H3. The van der Waals surface area contributed by atoms with Gasteiger partial charge in [0.1, 0.15) is 19.0 Å². The summed E-state index contributed by atoms with van der Waals surface area (Å²) >= 11 is 0. The van der Waals surface area contributed by atoms with Gasteiger partial charge in [0.05, 0.1) is 13.0 Å². The summed E-state index contributed by atoms with van der Waals surface area (Å²) in [5, 5.41) is 8.92. The van der Waals surface area contributed by atoms with Crippen LogP contribution in [0.25, 0.3) is 11.1 Å². The lowest BCUT2D eigenvalue weighted by atomic mass is 9.94. The molecule has 0 unspecified atom stereocenters. The second-order valence-electron chi connectivity index (χ2n) is 7.02. The molecule has 0 heterocycles. The van der Waals surface area contributed by atoms with Gasteiger partial charge in [0.2, 0.25) is 0 Å². The van der Waals surface area contributed by atoms with Crippen LogP contribution in [-0.4, -0.2) is 24.3 Å². The highest BCUT2D eigenvalue weighted by Crippen LogP contribution is 2.31. The maximum atomic E-state index is 12.1. The van der Waals surface area contributed by atoms with Gasteiger partial charge in [0, 0.05) is 0 Å². The van der Waals surface area contributed by atoms with Gasteiger partial charge in [-0.3, -0.25) is 4.79 Å². The Morgan fingerprint density at radius 1 is 0.897 bits per heavy atom. The molecule has 0 radical (unpaired) electrons. The van der Waals surface area contributed by atoms with Gasteiger partial charge in [0.25, 0.3) is 0 Å². The van der Waals surface area contributed by atoms with Crippen LogP contribution in [0.4, 0.5) is 0 Å². The number of carbonyl (C=O) groups is 1. The number of carbonyl (C=O) groups excluding carboxylic acids is 1. The molecule has 0 saturated heterocycles. The third-order valence-corrected chi connectivity index (χ3v) is 4.70. The molecule has 150 valence electrons. The molecule has 4 nitrogen and oxygen atoms in total. The van der Waals surface area contributed by atoms with Crippen LogP contribution in [0.3, 0.4) is 0 Å². The average molecular weight is 390 g/mol. The van der Waals surface area contributed by atoms with Crippen LogP contribution in [0.2, 0.25) is 0 Å². The summed E-state index contributed by atoms with van der Waals surface area (Å²) in [6.45, 7) is 4.66. The Morgan fingerprint density at radius 2 is 1.55 bits per heavy atom. The fraction of sp³-hybridized carbons (Fsp3) is 0.240. The molecule has 3 rings (SSSR count). The van der Waals surface area contributed by atoms with E-state index in [-0.39, 0.29) is 25.6 Å². The lowest BCUT2D eigenvalue weighted by Crippen LogP contribution is -2.08. The predicted molar refractivity (Wildman–Crippen MR) is 114 cm³/mol. The van der Waals surface area contributed by atoms with Crippen LogP contribution in [0.15, 0.2) is 66.7 Å². The lowest BCUT2D eigenvalue weighted by molar-refractivity contribution is -0.144. The van der Waals surface area contributed by atoms with E-state index in [0.29, 0.717) is 6.61 Å². The number of esters is 1. The number of aryl methyl sites for hydroxylation is 2. The van der Waals surface area contributed by atoms with Crippen molar-refractivity contribution in [1.29, 1.82) is 0 Å². The van der Waals surface area contributed by atoms with Crippen LogP contribution in [0.5, 0.6) is 5.75 Å². The number of rotatable bonds is 8. The van der Waals surface area contributed by atoms with Crippen molar-refractivity contribution in [3.05, 3.63) is 89.0 Å². The number of benzene rings is 3. The summed E-state index contributed by atoms with van der Waals surface area (Å²) in [5.41, 5.74) is 6.36. The minimum Gasteiger partial charge on any atom is -0.491 e. The average Bonchev–Trinajstić information content (AvgIpc) is 2.72. The van der Waals surface area contributed by atoms with Gasteiger partial charge < -0.3 is 14.6 Å². The summed E-state index contributed by atoms with van der Waals surface area (Å²) in [7, 11) is 0. The Balaban J connectivity index is 1.64. The third kappa shape index (κ3) is 5.69. The van der Waals surface area contributed by atoms with Crippen molar-refractivity contribution >= 4 is 5.97 Å². The maximum Gasteiger partial charge on any atom is 0.310 e. The normalized spacial score (nSPS) is 10.6. The van der Waals surface area contributed by atoms with E-state index >= 15 is 0 Å². The number of aliphatic hydroxyl groups is 1. The monoisotopic (exact) mass is 390 g/mol. The summed E-state index contributed by atoms with van der Waals surface area (Å²) in [6, 6.07) is 21.6. The molecule has 29 heavy (non-hydrogen) atoms. The van der Waals surface area contributed by atoms with Crippen molar-refractivity contribution in [1.82, 2.24) is 0 Å². The van der Waals surface area contributed by atoms with E-state index in [2.05, 4.69) is 0 Å². The molecule has 0 aromatic heterocycles. The van der Waals surface area contributed by atoms with E-state index in [1.165, 1.54) is 0 Å². The molecule has 1 N–H and O–H groups in total. The van der Waals surface area contributed by atoms with Crippen LogP contribution < -0.4 is 4.74 Å². The maximum absolute atomic E-state index is 12.1. The summed E-state index contributed by atoms with van der Waals surface area (Å²) < 4.78 is 10.9. The molecule has 0 fully saturated rings.